The fourth-order valence-corrected chi connectivity index (χ4v) is 1.99. The molecule has 16 heavy (non-hydrogen) atoms. The van der Waals surface area contributed by atoms with E-state index in [9.17, 15) is 9.59 Å². The van der Waals surface area contributed by atoms with Gasteiger partial charge in [0.2, 0.25) is 5.91 Å². The van der Waals surface area contributed by atoms with Crippen molar-refractivity contribution in [3.05, 3.63) is 0 Å². The summed E-state index contributed by atoms with van der Waals surface area (Å²) in [6, 6.07) is -0.745. The van der Waals surface area contributed by atoms with Crippen LogP contribution in [0.1, 0.15) is 26.7 Å². The van der Waals surface area contributed by atoms with Crippen LogP contribution in [0.4, 0.5) is 0 Å². The van der Waals surface area contributed by atoms with E-state index in [-0.39, 0.29) is 17.7 Å². The average Bonchev–Trinajstić information content (AvgIpc) is 2.63. The van der Waals surface area contributed by atoms with Gasteiger partial charge < -0.3 is 15.7 Å². The maximum Gasteiger partial charge on any atom is 0.326 e. The van der Waals surface area contributed by atoms with Gasteiger partial charge in [-0.15, -0.1) is 0 Å². The van der Waals surface area contributed by atoms with Crippen molar-refractivity contribution in [3.8, 4) is 0 Å². The molecule has 0 bridgehead atoms. The molecule has 0 aliphatic carbocycles. The molecule has 92 valence electrons. The van der Waals surface area contributed by atoms with Crippen molar-refractivity contribution >= 4 is 11.9 Å². The van der Waals surface area contributed by atoms with Gasteiger partial charge in [0.1, 0.15) is 6.04 Å². The van der Waals surface area contributed by atoms with Crippen molar-refractivity contribution < 1.29 is 14.7 Å². The van der Waals surface area contributed by atoms with Crippen LogP contribution in [0, 0.1) is 11.8 Å². The van der Waals surface area contributed by atoms with Gasteiger partial charge in [0.15, 0.2) is 0 Å². The highest BCUT2D eigenvalue weighted by Crippen LogP contribution is 2.16. The van der Waals surface area contributed by atoms with Crippen LogP contribution < -0.4 is 10.6 Å². The number of carboxylic acids is 1. The van der Waals surface area contributed by atoms with Gasteiger partial charge in [-0.1, -0.05) is 20.3 Å². The molecule has 5 nitrogen and oxygen atoms in total. The molecule has 1 fully saturated rings. The van der Waals surface area contributed by atoms with Crippen molar-refractivity contribution in [2.75, 3.05) is 13.1 Å². The molecule has 0 aromatic heterocycles. The highest BCUT2D eigenvalue weighted by atomic mass is 16.4. The monoisotopic (exact) mass is 228 g/mol. The lowest BCUT2D eigenvalue weighted by atomic mass is 9.96. The fraction of sp³-hybridized carbons (Fsp3) is 0.818. The van der Waals surface area contributed by atoms with Gasteiger partial charge in [-0.25, -0.2) is 4.79 Å². The number of carbonyl (C=O) groups excluding carboxylic acids is 1. The molecule has 0 saturated carbocycles. The van der Waals surface area contributed by atoms with Gasteiger partial charge in [-0.2, -0.15) is 0 Å². The highest BCUT2D eigenvalue weighted by Gasteiger charge is 2.31. The van der Waals surface area contributed by atoms with Crippen molar-refractivity contribution in [2.24, 2.45) is 11.8 Å². The second-order valence-electron chi connectivity index (χ2n) is 4.43. The largest absolute Gasteiger partial charge is 0.480 e. The summed E-state index contributed by atoms with van der Waals surface area (Å²) in [6.45, 7) is 5.37. The van der Waals surface area contributed by atoms with E-state index in [4.69, 9.17) is 5.11 Å². The number of hydrogen-bond acceptors (Lipinski definition) is 3. The van der Waals surface area contributed by atoms with Crippen LogP contribution in [0.5, 0.6) is 0 Å². The standard InChI is InChI=1S/C11H20N2O3/c1-3-4-9(11(15)16)13-10(14)8-6-12-5-7(8)2/h7-9,12H,3-6H2,1-2H3,(H,13,14)(H,15,16)/t7-,8-,9-/m1/s1. The second kappa shape index (κ2) is 5.84. The van der Waals surface area contributed by atoms with E-state index >= 15 is 0 Å². The Labute approximate surface area is 95.6 Å². The molecule has 1 saturated heterocycles. The van der Waals surface area contributed by atoms with Gasteiger partial charge in [-0.05, 0) is 18.9 Å². The smallest absolute Gasteiger partial charge is 0.326 e. The van der Waals surface area contributed by atoms with Crippen LogP contribution in [0.3, 0.4) is 0 Å². The number of aliphatic carboxylic acids is 1. The second-order valence-corrected chi connectivity index (χ2v) is 4.43. The molecular weight excluding hydrogens is 208 g/mol. The Kier molecular flexibility index (Phi) is 4.73. The van der Waals surface area contributed by atoms with Gasteiger partial charge in [-0.3, -0.25) is 4.79 Å². The summed E-state index contributed by atoms with van der Waals surface area (Å²) >= 11 is 0. The molecule has 0 aromatic rings. The molecule has 1 aliphatic heterocycles. The maximum atomic E-state index is 11.8. The van der Waals surface area contributed by atoms with Crippen LogP contribution in [-0.2, 0) is 9.59 Å². The summed E-state index contributed by atoms with van der Waals surface area (Å²) in [5.74, 6) is -0.915. The van der Waals surface area contributed by atoms with Crippen LogP contribution in [-0.4, -0.2) is 36.1 Å². The molecule has 5 heteroatoms. The number of amides is 1. The Morgan fingerprint density at radius 1 is 1.50 bits per heavy atom. The number of nitrogens with one attached hydrogen (secondary N) is 2. The normalized spacial score (nSPS) is 26.4. The molecule has 1 aliphatic rings. The van der Waals surface area contributed by atoms with Crippen molar-refractivity contribution in [1.29, 1.82) is 0 Å². The van der Waals surface area contributed by atoms with E-state index < -0.39 is 12.0 Å². The molecule has 0 aromatic carbocycles. The van der Waals surface area contributed by atoms with Gasteiger partial charge in [0.05, 0.1) is 5.92 Å². The summed E-state index contributed by atoms with van der Waals surface area (Å²) in [7, 11) is 0. The quantitative estimate of drug-likeness (QED) is 0.628. The topological polar surface area (TPSA) is 78.4 Å². The van der Waals surface area contributed by atoms with Gasteiger partial charge in [0.25, 0.3) is 0 Å². The minimum absolute atomic E-state index is 0.0984. The van der Waals surface area contributed by atoms with E-state index in [0.29, 0.717) is 13.0 Å². The Bertz CT molecular complexity index is 268. The predicted molar refractivity (Wildman–Crippen MR) is 60.0 cm³/mol. The summed E-state index contributed by atoms with van der Waals surface area (Å²) in [5.41, 5.74) is 0. The first-order valence-corrected chi connectivity index (χ1v) is 5.80. The van der Waals surface area contributed by atoms with Crippen LogP contribution in [0.2, 0.25) is 0 Å². The summed E-state index contributed by atoms with van der Waals surface area (Å²) in [6.07, 6.45) is 1.23. The third kappa shape index (κ3) is 3.20. The van der Waals surface area contributed by atoms with E-state index in [1.165, 1.54) is 0 Å². The molecule has 0 unspecified atom stereocenters. The first kappa shape index (κ1) is 13.0. The highest BCUT2D eigenvalue weighted by molar-refractivity contribution is 5.85. The third-order valence-electron chi connectivity index (χ3n) is 3.05. The lowest BCUT2D eigenvalue weighted by Crippen LogP contribution is -2.45. The molecule has 3 N–H and O–H groups in total. The first-order valence-electron chi connectivity index (χ1n) is 5.80. The minimum atomic E-state index is -0.950. The average molecular weight is 228 g/mol. The molecule has 0 radical (unpaired) electrons. The van der Waals surface area contributed by atoms with Gasteiger partial charge >= 0.3 is 5.97 Å². The van der Waals surface area contributed by atoms with Crippen LogP contribution in [0.25, 0.3) is 0 Å². The Balaban J connectivity index is 2.50. The molecule has 0 spiro atoms. The maximum absolute atomic E-state index is 11.8. The van der Waals surface area contributed by atoms with E-state index in [0.717, 1.165) is 13.0 Å². The fourth-order valence-electron chi connectivity index (χ4n) is 1.99. The van der Waals surface area contributed by atoms with E-state index in [2.05, 4.69) is 10.6 Å². The zero-order valence-electron chi connectivity index (χ0n) is 9.82. The molecule has 1 rings (SSSR count). The van der Waals surface area contributed by atoms with E-state index in [1.807, 2.05) is 13.8 Å². The molecule has 1 amide bonds. The lowest BCUT2D eigenvalue weighted by molar-refractivity contribution is -0.142. The Morgan fingerprint density at radius 2 is 2.19 bits per heavy atom. The minimum Gasteiger partial charge on any atom is -0.480 e. The van der Waals surface area contributed by atoms with Crippen LogP contribution >= 0.6 is 0 Å². The lowest BCUT2D eigenvalue weighted by Gasteiger charge is -2.18. The van der Waals surface area contributed by atoms with Crippen molar-refractivity contribution in [3.63, 3.8) is 0 Å². The number of rotatable bonds is 5. The number of hydrogen-bond donors (Lipinski definition) is 3. The van der Waals surface area contributed by atoms with Crippen molar-refractivity contribution in [1.82, 2.24) is 10.6 Å². The molecular formula is C11H20N2O3. The Hall–Kier alpha value is -1.10. The van der Waals surface area contributed by atoms with E-state index in [1.54, 1.807) is 0 Å². The number of carbonyl (C=O) groups is 2. The summed E-state index contributed by atoms with van der Waals surface area (Å²) < 4.78 is 0. The SMILES string of the molecule is CCC[C@@H](NC(=O)[C@@H]1CNC[C@H]1C)C(=O)O. The van der Waals surface area contributed by atoms with Crippen LogP contribution in [0.15, 0.2) is 0 Å². The third-order valence-corrected chi connectivity index (χ3v) is 3.05. The Morgan fingerprint density at radius 3 is 2.62 bits per heavy atom. The zero-order chi connectivity index (χ0) is 12.1. The molecule has 1 heterocycles. The first-order chi connectivity index (χ1) is 7.56. The van der Waals surface area contributed by atoms with Gasteiger partial charge in [0, 0.05) is 6.54 Å². The summed E-state index contributed by atoms with van der Waals surface area (Å²) in [4.78, 5) is 22.7. The predicted octanol–water partition coefficient (Wildman–Crippen LogP) is 0.211. The summed E-state index contributed by atoms with van der Waals surface area (Å²) in [5, 5.41) is 14.7. The molecule has 3 atom stereocenters. The van der Waals surface area contributed by atoms with Crippen molar-refractivity contribution in [2.45, 2.75) is 32.7 Å². The zero-order valence-corrected chi connectivity index (χ0v) is 9.82. The number of carboxylic acid groups (broad SMARTS) is 1.